The van der Waals surface area contributed by atoms with Gasteiger partial charge in [-0.3, -0.25) is 0 Å². The third-order valence-corrected chi connectivity index (χ3v) is 3.44. The summed E-state index contributed by atoms with van der Waals surface area (Å²) in [5, 5.41) is 14.3. The number of amides is 2. The van der Waals surface area contributed by atoms with Gasteiger partial charge in [0.05, 0.1) is 11.3 Å². The Kier molecular flexibility index (Phi) is 4.94. The Morgan fingerprint density at radius 2 is 1.86 bits per heavy atom. The zero-order chi connectivity index (χ0) is 15.2. The molecule has 2 aromatic rings. The molecule has 0 atom stereocenters. The first-order chi connectivity index (χ1) is 10.1. The summed E-state index contributed by atoms with van der Waals surface area (Å²) in [7, 11) is 0. The van der Waals surface area contributed by atoms with Crippen LogP contribution in [0.15, 0.2) is 53.0 Å². The Morgan fingerprint density at radius 1 is 1.10 bits per heavy atom. The lowest BCUT2D eigenvalue weighted by Crippen LogP contribution is -2.28. The number of rotatable bonds is 4. The highest BCUT2D eigenvalue weighted by atomic mass is 79.9. The average Bonchev–Trinajstić information content (AvgIpc) is 2.48. The summed E-state index contributed by atoms with van der Waals surface area (Å²) in [5.74, 6) is -0.991. The largest absolute Gasteiger partial charge is 0.478 e. The molecule has 0 fully saturated rings. The first-order valence-corrected chi connectivity index (χ1v) is 6.97. The van der Waals surface area contributed by atoms with Crippen molar-refractivity contribution < 1.29 is 14.7 Å². The van der Waals surface area contributed by atoms with Crippen LogP contribution >= 0.6 is 15.9 Å². The SMILES string of the molecule is O=C(NCc1cccc(C(=O)O)c1)Nc1ccccc1Br. The minimum Gasteiger partial charge on any atom is -0.478 e. The van der Waals surface area contributed by atoms with Crippen LogP contribution in [0.25, 0.3) is 0 Å². The third-order valence-electron chi connectivity index (χ3n) is 2.75. The van der Waals surface area contributed by atoms with Crippen LogP contribution in [0.4, 0.5) is 10.5 Å². The maximum atomic E-state index is 11.8. The molecular formula is C15H13BrN2O3. The quantitative estimate of drug-likeness (QED) is 0.791. The van der Waals surface area contributed by atoms with Gasteiger partial charge in [-0.25, -0.2) is 9.59 Å². The summed E-state index contributed by atoms with van der Waals surface area (Å²) in [4.78, 5) is 22.7. The fourth-order valence-corrected chi connectivity index (χ4v) is 2.11. The van der Waals surface area contributed by atoms with E-state index in [1.807, 2.05) is 18.2 Å². The van der Waals surface area contributed by atoms with Gasteiger partial charge in [-0.1, -0.05) is 24.3 Å². The highest BCUT2D eigenvalue weighted by Crippen LogP contribution is 2.20. The summed E-state index contributed by atoms with van der Waals surface area (Å²) in [5.41, 5.74) is 1.58. The molecule has 0 bridgehead atoms. The zero-order valence-corrected chi connectivity index (χ0v) is 12.6. The fourth-order valence-electron chi connectivity index (χ4n) is 1.73. The van der Waals surface area contributed by atoms with Gasteiger partial charge in [0.2, 0.25) is 0 Å². The number of nitrogens with one attached hydrogen (secondary N) is 2. The minimum absolute atomic E-state index is 0.195. The molecule has 0 unspecified atom stereocenters. The molecule has 2 aromatic carbocycles. The van der Waals surface area contributed by atoms with E-state index in [4.69, 9.17) is 5.11 Å². The van der Waals surface area contributed by atoms with Gasteiger partial charge in [0.15, 0.2) is 0 Å². The number of halogens is 1. The maximum absolute atomic E-state index is 11.8. The molecule has 21 heavy (non-hydrogen) atoms. The smallest absolute Gasteiger partial charge is 0.335 e. The van der Waals surface area contributed by atoms with Crippen molar-refractivity contribution in [1.29, 1.82) is 0 Å². The lowest BCUT2D eigenvalue weighted by Gasteiger charge is -2.09. The Balaban J connectivity index is 1.94. The number of anilines is 1. The van der Waals surface area contributed by atoms with Crippen LogP contribution < -0.4 is 10.6 Å². The van der Waals surface area contributed by atoms with E-state index in [2.05, 4.69) is 26.6 Å². The standard InChI is InChI=1S/C15H13BrN2O3/c16-12-6-1-2-7-13(12)18-15(21)17-9-10-4-3-5-11(8-10)14(19)20/h1-8H,9H2,(H,19,20)(H2,17,18,21). The van der Waals surface area contributed by atoms with Crippen LogP contribution in [0.1, 0.15) is 15.9 Å². The predicted octanol–water partition coefficient (Wildman–Crippen LogP) is 3.47. The van der Waals surface area contributed by atoms with E-state index in [0.717, 1.165) is 10.0 Å². The molecule has 0 spiro atoms. The lowest BCUT2D eigenvalue weighted by molar-refractivity contribution is 0.0696. The number of aromatic carboxylic acids is 1. The van der Waals surface area contributed by atoms with E-state index in [-0.39, 0.29) is 18.1 Å². The number of carboxylic acids is 1. The minimum atomic E-state index is -0.991. The molecule has 0 aliphatic rings. The summed E-state index contributed by atoms with van der Waals surface area (Å²) < 4.78 is 0.785. The highest BCUT2D eigenvalue weighted by molar-refractivity contribution is 9.10. The van der Waals surface area contributed by atoms with Crippen molar-refractivity contribution in [3.63, 3.8) is 0 Å². The number of carbonyl (C=O) groups excluding carboxylic acids is 1. The highest BCUT2D eigenvalue weighted by Gasteiger charge is 2.06. The summed E-state index contributed by atoms with van der Waals surface area (Å²) in [6.45, 7) is 0.247. The molecule has 0 saturated heterocycles. The second kappa shape index (κ2) is 6.90. The molecule has 0 saturated carbocycles. The van der Waals surface area contributed by atoms with Crippen LogP contribution in [0.5, 0.6) is 0 Å². The Morgan fingerprint density at radius 3 is 2.57 bits per heavy atom. The van der Waals surface area contributed by atoms with Gasteiger partial charge in [-0.15, -0.1) is 0 Å². The molecule has 0 aliphatic carbocycles. The van der Waals surface area contributed by atoms with E-state index in [1.165, 1.54) is 12.1 Å². The number of urea groups is 1. The van der Waals surface area contributed by atoms with E-state index in [9.17, 15) is 9.59 Å². The monoisotopic (exact) mass is 348 g/mol. The summed E-state index contributed by atoms with van der Waals surface area (Å²) in [6.07, 6.45) is 0. The summed E-state index contributed by atoms with van der Waals surface area (Å²) >= 11 is 3.34. The van der Waals surface area contributed by atoms with Gasteiger partial charge < -0.3 is 15.7 Å². The van der Waals surface area contributed by atoms with Crippen molar-refractivity contribution in [1.82, 2.24) is 5.32 Å². The number of carboxylic acid groups (broad SMARTS) is 1. The average molecular weight is 349 g/mol. The zero-order valence-electron chi connectivity index (χ0n) is 11.0. The first-order valence-electron chi connectivity index (χ1n) is 6.18. The summed E-state index contributed by atoms with van der Waals surface area (Å²) in [6, 6.07) is 13.3. The second-order valence-electron chi connectivity index (χ2n) is 4.29. The van der Waals surface area contributed by atoms with Gasteiger partial charge in [-0.05, 0) is 45.8 Å². The van der Waals surface area contributed by atoms with Crippen molar-refractivity contribution >= 4 is 33.6 Å². The third kappa shape index (κ3) is 4.32. The van der Waals surface area contributed by atoms with Crippen molar-refractivity contribution in [2.75, 3.05) is 5.32 Å². The fraction of sp³-hybridized carbons (Fsp3) is 0.0667. The van der Waals surface area contributed by atoms with Crippen LogP contribution in [0.3, 0.4) is 0 Å². The number of hydrogen-bond acceptors (Lipinski definition) is 2. The molecule has 0 heterocycles. The van der Waals surface area contributed by atoms with Crippen molar-refractivity contribution in [3.05, 3.63) is 64.1 Å². The normalized spacial score (nSPS) is 9.95. The number of benzene rings is 2. The van der Waals surface area contributed by atoms with Gasteiger partial charge >= 0.3 is 12.0 Å². The van der Waals surface area contributed by atoms with Crippen molar-refractivity contribution in [2.45, 2.75) is 6.54 Å². The number of para-hydroxylation sites is 1. The second-order valence-corrected chi connectivity index (χ2v) is 5.15. The molecule has 6 heteroatoms. The van der Waals surface area contributed by atoms with Crippen molar-refractivity contribution in [3.8, 4) is 0 Å². The van der Waals surface area contributed by atoms with Gasteiger partial charge in [0.25, 0.3) is 0 Å². The van der Waals surface area contributed by atoms with E-state index in [1.54, 1.807) is 18.2 Å². The lowest BCUT2D eigenvalue weighted by atomic mass is 10.1. The molecule has 0 aliphatic heterocycles. The van der Waals surface area contributed by atoms with Crippen LogP contribution in [0.2, 0.25) is 0 Å². The van der Waals surface area contributed by atoms with E-state index < -0.39 is 5.97 Å². The van der Waals surface area contributed by atoms with Crippen LogP contribution in [-0.4, -0.2) is 17.1 Å². The van der Waals surface area contributed by atoms with Crippen LogP contribution in [0, 0.1) is 0 Å². The van der Waals surface area contributed by atoms with Gasteiger partial charge in [-0.2, -0.15) is 0 Å². The van der Waals surface area contributed by atoms with E-state index >= 15 is 0 Å². The molecular weight excluding hydrogens is 336 g/mol. The molecule has 5 nitrogen and oxygen atoms in total. The molecule has 0 radical (unpaired) electrons. The Hall–Kier alpha value is -2.34. The first kappa shape index (κ1) is 15.1. The Bertz CT molecular complexity index is 673. The molecule has 3 N–H and O–H groups in total. The number of hydrogen-bond donors (Lipinski definition) is 3. The molecule has 0 aromatic heterocycles. The number of carbonyl (C=O) groups is 2. The molecule has 2 amide bonds. The van der Waals surface area contributed by atoms with Gasteiger partial charge in [0.1, 0.15) is 0 Å². The molecule has 2 rings (SSSR count). The van der Waals surface area contributed by atoms with E-state index in [0.29, 0.717) is 5.69 Å². The molecule has 108 valence electrons. The Labute approximate surface area is 130 Å². The van der Waals surface area contributed by atoms with Gasteiger partial charge in [0, 0.05) is 11.0 Å². The maximum Gasteiger partial charge on any atom is 0.335 e. The predicted molar refractivity (Wildman–Crippen MR) is 83.4 cm³/mol. The van der Waals surface area contributed by atoms with Crippen molar-refractivity contribution in [2.24, 2.45) is 0 Å². The van der Waals surface area contributed by atoms with Crippen LogP contribution in [-0.2, 0) is 6.54 Å². The topological polar surface area (TPSA) is 78.4 Å².